The smallest absolute Gasteiger partial charge is 0.317 e. The van der Waals surface area contributed by atoms with Crippen LogP contribution in [0, 0.1) is 5.92 Å². The second-order valence-corrected chi connectivity index (χ2v) is 6.22. The average molecular weight is 343 g/mol. The SMILES string of the molecule is CC(C)COCCCNC(=O)N(C)CCOc1cccc(Cl)c1. The van der Waals surface area contributed by atoms with Gasteiger partial charge < -0.3 is 19.7 Å². The van der Waals surface area contributed by atoms with Crippen molar-refractivity contribution in [2.75, 3.05) is 40.0 Å². The van der Waals surface area contributed by atoms with Crippen molar-refractivity contribution in [2.45, 2.75) is 20.3 Å². The highest BCUT2D eigenvalue weighted by molar-refractivity contribution is 6.30. The molecule has 1 rings (SSSR count). The molecule has 1 N–H and O–H groups in total. The lowest BCUT2D eigenvalue weighted by Crippen LogP contribution is -2.40. The van der Waals surface area contributed by atoms with Crippen LogP contribution in [0.4, 0.5) is 4.79 Å². The molecule has 0 radical (unpaired) electrons. The van der Waals surface area contributed by atoms with Gasteiger partial charge in [0.15, 0.2) is 0 Å². The molecule has 0 aliphatic heterocycles. The van der Waals surface area contributed by atoms with Crippen LogP contribution in [0.5, 0.6) is 5.75 Å². The van der Waals surface area contributed by atoms with Crippen LogP contribution in [0.15, 0.2) is 24.3 Å². The average Bonchev–Trinajstić information content (AvgIpc) is 2.50. The molecule has 1 aromatic carbocycles. The van der Waals surface area contributed by atoms with Gasteiger partial charge in [-0.15, -0.1) is 0 Å². The number of benzene rings is 1. The van der Waals surface area contributed by atoms with E-state index in [1.165, 1.54) is 0 Å². The molecule has 6 heteroatoms. The van der Waals surface area contributed by atoms with E-state index in [1.807, 2.05) is 12.1 Å². The lowest BCUT2D eigenvalue weighted by atomic mass is 10.2. The number of hydrogen-bond donors (Lipinski definition) is 1. The summed E-state index contributed by atoms with van der Waals surface area (Å²) in [4.78, 5) is 13.5. The van der Waals surface area contributed by atoms with Crippen molar-refractivity contribution < 1.29 is 14.3 Å². The molecule has 0 fully saturated rings. The van der Waals surface area contributed by atoms with Crippen LogP contribution in [0.3, 0.4) is 0 Å². The number of ether oxygens (including phenoxy) is 2. The van der Waals surface area contributed by atoms with Crippen LogP contribution < -0.4 is 10.1 Å². The second kappa shape index (κ2) is 11.1. The number of carbonyl (C=O) groups is 1. The first-order chi connectivity index (χ1) is 11.0. The molecule has 1 aromatic rings. The molecule has 2 amide bonds. The Morgan fingerprint density at radius 1 is 1.35 bits per heavy atom. The zero-order chi connectivity index (χ0) is 17.1. The summed E-state index contributed by atoms with van der Waals surface area (Å²) in [6.45, 7) is 7.18. The minimum absolute atomic E-state index is 0.108. The van der Waals surface area contributed by atoms with Gasteiger partial charge in [-0.3, -0.25) is 0 Å². The van der Waals surface area contributed by atoms with Crippen LogP contribution in [-0.4, -0.2) is 50.9 Å². The molecule has 0 saturated heterocycles. The number of likely N-dealkylation sites (N-methyl/N-ethyl adjacent to an activating group) is 1. The summed E-state index contributed by atoms with van der Waals surface area (Å²) in [5.41, 5.74) is 0. The van der Waals surface area contributed by atoms with E-state index in [9.17, 15) is 4.79 Å². The van der Waals surface area contributed by atoms with Crippen LogP contribution in [0.1, 0.15) is 20.3 Å². The van der Waals surface area contributed by atoms with E-state index in [4.69, 9.17) is 21.1 Å². The Morgan fingerprint density at radius 2 is 2.13 bits per heavy atom. The summed E-state index contributed by atoms with van der Waals surface area (Å²) >= 11 is 5.88. The van der Waals surface area contributed by atoms with E-state index in [0.717, 1.165) is 13.0 Å². The Balaban J connectivity index is 2.09. The van der Waals surface area contributed by atoms with E-state index in [1.54, 1.807) is 24.1 Å². The maximum absolute atomic E-state index is 11.9. The molecule has 0 unspecified atom stereocenters. The van der Waals surface area contributed by atoms with E-state index >= 15 is 0 Å². The maximum Gasteiger partial charge on any atom is 0.317 e. The Bertz CT molecular complexity index is 469. The third-order valence-electron chi connectivity index (χ3n) is 3.03. The molecule has 0 heterocycles. The van der Waals surface area contributed by atoms with Gasteiger partial charge in [-0.05, 0) is 30.5 Å². The molecule has 0 bridgehead atoms. The zero-order valence-corrected chi connectivity index (χ0v) is 14.9. The van der Waals surface area contributed by atoms with Gasteiger partial charge in [-0.2, -0.15) is 0 Å². The normalized spacial score (nSPS) is 10.7. The van der Waals surface area contributed by atoms with Gasteiger partial charge in [0.25, 0.3) is 0 Å². The lowest BCUT2D eigenvalue weighted by Gasteiger charge is -2.18. The van der Waals surface area contributed by atoms with Crippen molar-refractivity contribution in [1.82, 2.24) is 10.2 Å². The lowest BCUT2D eigenvalue weighted by molar-refractivity contribution is 0.108. The topological polar surface area (TPSA) is 50.8 Å². The standard InChI is InChI=1S/C17H27ClN2O3/c1-14(2)13-22-10-5-8-19-17(21)20(3)9-11-23-16-7-4-6-15(18)12-16/h4,6-7,12,14H,5,8-11,13H2,1-3H3,(H,19,21). The summed E-state index contributed by atoms with van der Waals surface area (Å²) in [5.74, 6) is 1.24. The van der Waals surface area contributed by atoms with E-state index in [-0.39, 0.29) is 6.03 Å². The number of nitrogens with one attached hydrogen (secondary N) is 1. The summed E-state index contributed by atoms with van der Waals surface area (Å²) in [6, 6.07) is 7.10. The summed E-state index contributed by atoms with van der Waals surface area (Å²) < 4.78 is 11.0. The van der Waals surface area contributed by atoms with Crippen LogP contribution in [-0.2, 0) is 4.74 Å². The fourth-order valence-electron chi connectivity index (χ4n) is 1.78. The van der Waals surface area contributed by atoms with E-state index in [2.05, 4.69) is 19.2 Å². The Labute approximate surface area is 143 Å². The monoisotopic (exact) mass is 342 g/mol. The highest BCUT2D eigenvalue weighted by Gasteiger charge is 2.07. The van der Waals surface area contributed by atoms with Crippen molar-refractivity contribution in [3.8, 4) is 5.75 Å². The van der Waals surface area contributed by atoms with Gasteiger partial charge in [0.2, 0.25) is 0 Å². The van der Waals surface area contributed by atoms with E-state index in [0.29, 0.717) is 43.0 Å². The molecule has 0 atom stereocenters. The van der Waals surface area contributed by atoms with Crippen LogP contribution in [0.2, 0.25) is 5.02 Å². The highest BCUT2D eigenvalue weighted by Crippen LogP contribution is 2.16. The predicted octanol–water partition coefficient (Wildman–Crippen LogP) is 3.42. The first-order valence-corrected chi connectivity index (χ1v) is 8.32. The van der Waals surface area contributed by atoms with Gasteiger partial charge >= 0.3 is 6.03 Å². The Morgan fingerprint density at radius 3 is 2.83 bits per heavy atom. The fraction of sp³-hybridized carbons (Fsp3) is 0.588. The van der Waals surface area contributed by atoms with Gasteiger partial charge in [0.1, 0.15) is 12.4 Å². The molecule has 130 valence electrons. The number of carbonyl (C=O) groups excluding carboxylic acids is 1. The molecule has 0 spiro atoms. The molecule has 0 saturated carbocycles. The molecular formula is C17H27ClN2O3. The Kier molecular flexibility index (Phi) is 9.48. The molecule has 5 nitrogen and oxygen atoms in total. The van der Waals surface area contributed by atoms with Crippen molar-refractivity contribution in [3.05, 3.63) is 29.3 Å². The highest BCUT2D eigenvalue weighted by atomic mass is 35.5. The van der Waals surface area contributed by atoms with E-state index < -0.39 is 0 Å². The number of hydrogen-bond acceptors (Lipinski definition) is 3. The number of nitrogens with zero attached hydrogens (tertiary/aromatic N) is 1. The maximum atomic E-state index is 11.9. The number of urea groups is 1. The van der Waals surface area contributed by atoms with Gasteiger partial charge in [0, 0.05) is 31.8 Å². The number of halogens is 1. The van der Waals surface area contributed by atoms with Gasteiger partial charge in [-0.1, -0.05) is 31.5 Å². The quantitative estimate of drug-likeness (QED) is 0.663. The van der Waals surface area contributed by atoms with Crippen molar-refractivity contribution in [1.29, 1.82) is 0 Å². The number of rotatable bonds is 10. The molecule has 0 aromatic heterocycles. The number of amides is 2. The summed E-state index contributed by atoms with van der Waals surface area (Å²) in [5, 5.41) is 3.49. The summed E-state index contributed by atoms with van der Waals surface area (Å²) in [6.07, 6.45) is 0.811. The Hall–Kier alpha value is -1.46. The molecular weight excluding hydrogens is 316 g/mol. The fourth-order valence-corrected chi connectivity index (χ4v) is 1.96. The molecule has 0 aliphatic carbocycles. The first-order valence-electron chi connectivity index (χ1n) is 7.94. The van der Waals surface area contributed by atoms with Crippen molar-refractivity contribution >= 4 is 17.6 Å². The minimum Gasteiger partial charge on any atom is -0.492 e. The first kappa shape index (κ1) is 19.6. The molecule has 23 heavy (non-hydrogen) atoms. The zero-order valence-electron chi connectivity index (χ0n) is 14.2. The largest absolute Gasteiger partial charge is 0.492 e. The van der Waals surface area contributed by atoms with Crippen LogP contribution >= 0.6 is 11.6 Å². The van der Waals surface area contributed by atoms with Gasteiger partial charge in [-0.25, -0.2) is 4.79 Å². The van der Waals surface area contributed by atoms with Crippen LogP contribution in [0.25, 0.3) is 0 Å². The van der Waals surface area contributed by atoms with Crippen molar-refractivity contribution in [2.24, 2.45) is 5.92 Å². The third-order valence-corrected chi connectivity index (χ3v) is 3.27. The second-order valence-electron chi connectivity index (χ2n) is 5.78. The predicted molar refractivity (Wildman–Crippen MR) is 93.2 cm³/mol. The van der Waals surface area contributed by atoms with Crippen molar-refractivity contribution in [3.63, 3.8) is 0 Å². The van der Waals surface area contributed by atoms with Gasteiger partial charge in [0.05, 0.1) is 6.54 Å². The summed E-state index contributed by atoms with van der Waals surface area (Å²) in [7, 11) is 1.74. The third kappa shape index (κ3) is 9.31. The molecule has 0 aliphatic rings. The minimum atomic E-state index is -0.108.